The van der Waals surface area contributed by atoms with Crippen LogP contribution in [0, 0.1) is 10.1 Å². The molecule has 0 unspecified atom stereocenters. The number of nitro groups is 1. The number of anilines is 1. The highest BCUT2D eigenvalue weighted by atomic mass is 19.1. The third kappa shape index (κ3) is 2.23. The molecule has 0 bridgehead atoms. The van der Waals surface area contributed by atoms with E-state index in [9.17, 15) is 14.5 Å². The van der Waals surface area contributed by atoms with Gasteiger partial charge in [0, 0.05) is 0 Å². The van der Waals surface area contributed by atoms with Gasteiger partial charge in [-0.15, -0.1) is 0 Å². The molecule has 0 amide bonds. The molecule has 1 fully saturated rings. The van der Waals surface area contributed by atoms with E-state index in [0.29, 0.717) is 6.42 Å². The molecule has 0 aromatic carbocycles. The molecular formula is C9H11FN4O2. The molecule has 86 valence electrons. The van der Waals surface area contributed by atoms with Crippen LogP contribution >= 0.6 is 0 Å². The van der Waals surface area contributed by atoms with Crippen molar-refractivity contribution in [1.29, 1.82) is 0 Å². The summed E-state index contributed by atoms with van der Waals surface area (Å²) in [5, 5.41) is 13.2. The SMILES string of the molecule is O=[N+]([O-])c1cnc(N[C@@H]2CCC[C@H]2F)nc1. The fraction of sp³-hybridized carbons (Fsp3) is 0.556. The summed E-state index contributed by atoms with van der Waals surface area (Å²) in [4.78, 5) is 17.3. The van der Waals surface area contributed by atoms with Crippen LogP contribution in [-0.4, -0.2) is 27.1 Å². The van der Waals surface area contributed by atoms with E-state index in [0.717, 1.165) is 25.2 Å². The number of rotatable bonds is 3. The molecule has 1 saturated carbocycles. The maximum Gasteiger partial charge on any atom is 0.305 e. The molecule has 16 heavy (non-hydrogen) atoms. The van der Waals surface area contributed by atoms with Crippen LogP contribution in [0.5, 0.6) is 0 Å². The van der Waals surface area contributed by atoms with E-state index < -0.39 is 11.1 Å². The molecule has 0 spiro atoms. The summed E-state index contributed by atoms with van der Waals surface area (Å²) in [6.07, 6.45) is 3.45. The molecule has 1 aliphatic rings. The second kappa shape index (κ2) is 4.38. The van der Waals surface area contributed by atoms with Crippen LogP contribution in [0.2, 0.25) is 0 Å². The molecule has 1 heterocycles. The summed E-state index contributed by atoms with van der Waals surface area (Å²) in [6, 6.07) is -0.276. The Morgan fingerprint density at radius 3 is 2.62 bits per heavy atom. The molecule has 1 aliphatic carbocycles. The van der Waals surface area contributed by atoms with Crippen molar-refractivity contribution in [1.82, 2.24) is 9.97 Å². The Hall–Kier alpha value is -1.79. The van der Waals surface area contributed by atoms with E-state index in [2.05, 4.69) is 15.3 Å². The quantitative estimate of drug-likeness (QED) is 0.626. The van der Waals surface area contributed by atoms with Gasteiger partial charge in [-0.25, -0.2) is 14.4 Å². The summed E-state index contributed by atoms with van der Waals surface area (Å²) >= 11 is 0. The van der Waals surface area contributed by atoms with Crippen LogP contribution in [0.3, 0.4) is 0 Å². The third-order valence-corrected chi connectivity index (χ3v) is 2.60. The van der Waals surface area contributed by atoms with Crippen LogP contribution in [0.15, 0.2) is 12.4 Å². The summed E-state index contributed by atoms with van der Waals surface area (Å²) in [6.45, 7) is 0. The number of nitrogens with zero attached hydrogens (tertiary/aromatic N) is 3. The van der Waals surface area contributed by atoms with Crippen LogP contribution < -0.4 is 5.32 Å². The predicted molar refractivity (Wildman–Crippen MR) is 54.8 cm³/mol. The second-order valence-corrected chi connectivity index (χ2v) is 3.72. The van der Waals surface area contributed by atoms with E-state index in [1.807, 2.05) is 0 Å². The summed E-state index contributed by atoms with van der Waals surface area (Å²) in [7, 11) is 0. The normalized spacial score (nSPS) is 24.3. The molecule has 1 N–H and O–H groups in total. The van der Waals surface area contributed by atoms with Gasteiger partial charge in [-0.3, -0.25) is 10.1 Å². The van der Waals surface area contributed by atoms with Gasteiger partial charge in [0.2, 0.25) is 5.95 Å². The number of nitrogens with one attached hydrogen (secondary N) is 1. The number of halogens is 1. The predicted octanol–water partition coefficient (Wildman–Crippen LogP) is 1.69. The minimum Gasteiger partial charge on any atom is -0.349 e. The highest BCUT2D eigenvalue weighted by molar-refractivity contribution is 5.32. The number of hydrogen-bond donors (Lipinski definition) is 1. The summed E-state index contributed by atoms with van der Waals surface area (Å²) in [5.74, 6) is 0.236. The Labute approximate surface area is 91.1 Å². The molecule has 0 saturated heterocycles. The Morgan fingerprint density at radius 2 is 2.12 bits per heavy atom. The lowest BCUT2D eigenvalue weighted by Crippen LogP contribution is -2.25. The van der Waals surface area contributed by atoms with Gasteiger partial charge in [0.15, 0.2) is 0 Å². The largest absolute Gasteiger partial charge is 0.349 e. The molecule has 6 nitrogen and oxygen atoms in total. The highest BCUT2D eigenvalue weighted by Crippen LogP contribution is 2.24. The number of hydrogen-bond acceptors (Lipinski definition) is 5. The molecule has 1 aromatic rings. The zero-order chi connectivity index (χ0) is 11.5. The lowest BCUT2D eigenvalue weighted by atomic mass is 10.2. The first-order valence-corrected chi connectivity index (χ1v) is 5.04. The molecular weight excluding hydrogens is 215 g/mol. The maximum atomic E-state index is 13.3. The Kier molecular flexibility index (Phi) is 2.93. The Balaban J connectivity index is 2.02. The topological polar surface area (TPSA) is 81.0 Å². The van der Waals surface area contributed by atoms with Crippen molar-refractivity contribution in [2.75, 3.05) is 5.32 Å². The van der Waals surface area contributed by atoms with Crippen molar-refractivity contribution in [3.05, 3.63) is 22.5 Å². The van der Waals surface area contributed by atoms with E-state index in [1.165, 1.54) is 0 Å². The van der Waals surface area contributed by atoms with Gasteiger partial charge in [0.1, 0.15) is 18.6 Å². The molecule has 0 aliphatic heterocycles. The zero-order valence-electron chi connectivity index (χ0n) is 8.47. The fourth-order valence-corrected chi connectivity index (χ4v) is 1.73. The monoisotopic (exact) mass is 226 g/mol. The number of alkyl halides is 1. The lowest BCUT2D eigenvalue weighted by molar-refractivity contribution is -0.385. The van der Waals surface area contributed by atoms with Gasteiger partial charge in [0.05, 0.1) is 11.0 Å². The van der Waals surface area contributed by atoms with Gasteiger partial charge < -0.3 is 5.32 Å². The third-order valence-electron chi connectivity index (χ3n) is 2.60. The molecule has 0 radical (unpaired) electrons. The molecule has 7 heteroatoms. The number of aromatic nitrogens is 2. The Morgan fingerprint density at radius 1 is 1.44 bits per heavy atom. The zero-order valence-corrected chi connectivity index (χ0v) is 8.47. The van der Waals surface area contributed by atoms with Crippen LogP contribution in [0.4, 0.5) is 16.0 Å². The van der Waals surface area contributed by atoms with Gasteiger partial charge >= 0.3 is 5.69 Å². The first-order valence-electron chi connectivity index (χ1n) is 5.04. The fourth-order valence-electron chi connectivity index (χ4n) is 1.73. The van der Waals surface area contributed by atoms with Gasteiger partial charge in [-0.2, -0.15) is 0 Å². The standard InChI is InChI=1S/C9H11FN4O2/c10-7-2-1-3-8(7)13-9-11-4-6(5-12-9)14(15)16/h4-5,7-8H,1-3H2,(H,11,12,13)/t7-,8-/m1/s1. The van der Waals surface area contributed by atoms with Gasteiger partial charge in [-0.05, 0) is 19.3 Å². The van der Waals surface area contributed by atoms with E-state index in [1.54, 1.807) is 0 Å². The lowest BCUT2D eigenvalue weighted by Gasteiger charge is -2.13. The van der Waals surface area contributed by atoms with Crippen molar-refractivity contribution in [2.24, 2.45) is 0 Å². The van der Waals surface area contributed by atoms with Crippen LogP contribution in [-0.2, 0) is 0 Å². The highest BCUT2D eigenvalue weighted by Gasteiger charge is 2.27. The van der Waals surface area contributed by atoms with Crippen LogP contribution in [0.25, 0.3) is 0 Å². The first kappa shape index (κ1) is 10.7. The minimum atomic E-state index is -0.890. The average molecular weight is 226 g/mol. The van der Waals surface area contributed by atoms with Crippen molar-refractivity contribution in [3.63, 3.8) is 0 Å². The van der Waals surface area contributed by atoms with Crippen molar-refractivity contribution >= 4 is 11.6 Å². The van der Waals surface area contributed by atoms with E-state index >= 15 is 0 Å². The first-order chi connectivity index (χ1) is 7.66. The minimum absolute atomic E-state index is 0.172. The second-order valence-electron chi connectivity index (χ2n) is 3.72. The molecule has 1 aromatic heterocycles. The van der Waals surface area contributed by atoms with Crippen molar-refractivity contribution in [2.45, 2.75) is 31.5 Å². The molecule has 2 rings (SSSR count). The summed E-state index contributed by atoms with van der Waals surface area (Å²) < 4.78 is 13.3. The van der Waals surface area contributed by atoms with E-state index in [-0.39, 0.29) is 17.7 Å². The smallest absolute Gasteiger partial charge is 0.305 e. The van der Waals surface area contributed by atoms with Gasteiger partial charge in [-0.1, -0.05) is 0 Å². The van der Waals surface area contributed by atoms with Gasteiger partial charge in [0.25, 0.3) is 0 Å². The van der Waals surface area contributed by atoms with Crippen LogP contribution in [0.1, 0.15) is 19.3 Å². The van der Waals surface area contributed by atoms with Crippen molar-refractivity contribution < 1.29 is 9.31 Å². The summed E-state index contributed by atoms with van der Waals surface area (Å²) in [5.41, 5.74) is -0.172. The van der Waals surface area contributed by atoms with E-state index in [4.69, 9.17) is 0 Å². The van der Waals surface area contributed by atoms with Crippen molar-refractivity contribution in [3.8, 4) is 0 Å². The maximum absolute atomic E-state index is 13.3. The average Bonchev–Trinajstić information content (AvgIpc) is 2.65. The Bertz CT molecular complexity index is 384. The molecule has 2 atom stereocenters.